The standard InChI is InChI=1S/C21H23NO5/c1-14(8-9-16-6-4-3-5-7-16)22-20(23)15(2)27-21(24)17-10-11-18-19(12-17)26-13-25-18/h3-7,10-12,14-15H,8-9,13H2,1-2H3,(H,22,23)/t14-,15-/m1/s1. The summed E-state index contributed by atoms with van der Waals surface area (Å²) in [7, 11) is 0. The van der Waals surface area contributed by atoms with Gasteiger partial charge in [-0.05, 0) is 50.5 Å². The molecule has 0 bridgehead atoms. The van der Waals surface area contributed by atoms with Gasteiger partial charge in [0.05, 0.1) is 5.56 Å². The summed E-state index contributed by atoms with van der Waals surface area (Å²) >= 11 is 0. The second kappa shape index (κ2) is 8.58. The lowest BCUT2D eigenvalue weighted by atomic mass is 10.1. The summed E-state index contributed by atoms with van der Waals surface area (Å²) in [6, 6.07) is 14.9. The first kappa shape index (κ1) is 18.8. The molecular formula is C21H23NO5. The number of carbonyl (C=O) groups is 2. The van der Waals surface area contributed by atoms with Crippen LogP contribution in [-0.2, 0) is 16.0 Å². The summed E-state index contributed by atoms with van der Waals surface area (Å²) in [5.74, 6) is 0.193. The van der Waals surface area contributed by atoms with Crippen molar-refractivity contribution in [2.45, 2.75) is 38.8 Å². The summed E-state index contributed by atoms with van der Waals surface area (Å²) in [5.41, 5.74) is 1.54. The predicted molar refractivity (Wildman–Crippen MR) is 99.8 cm³/mol. The summed E-state index contributed by atoms with van der Waals surface area (Å²) in [6.45, 7) is 3.63. The first-order chi connectivity index (χ1) is 13.0. The molecule has 0 spiro atoms. The van der Waals surface area contributed by atoms with Gasteiger partial charge < -0.3 is 19.5 Å². The van der Waals surface area contributed by atoms with Crippen LogP contribution in [0.3, 0.4) is 0 Å². The van der Waals surface area contributed by atoms with Crippen molar-refractivity contribution in [1.82, 2.24) is 5.32 Å². The van der Waals surface area contributed by atoms with E-state index in [1.165, 1.54) is 5.56 Å². The van der Waals surface area contributed by atoms with Gasteiger partial charge in [-0.3, -0.25) is 4.79 Å². The molecular weight excluding hydrogens is 346 g/mol. The maximum absolute atomic E-state index is 12.3. The van der Waals surface area contributed by atoms with Crippen LogP contribution in [0, 0.1) is 0 Å². The number of benzene rings is 2. The van der Waals surface area contributed by atoms with Crippen molar-refractivity contribution in [3.8, 4) is 11.5 Å². The second-order valence-corrected chi connectivity index (χ2v) is 6.55. The molecule has 1 aliphatic heterocycles. The highest BCUT2D eigenvalue weighted by Crippen LogP contribution is 2.32. The Hall–Kier alpha value is -3.02. The Morgan fingerprint density at radius 2 is 1.81 bits per heavy atom. The van der Waals surface area contributed by atoms with E-state index in [2.05, 4.69) is 17.4 Å². The summed E-state index contributed by atoms with van der Waals surface area (Å²) < 4.78 is 15.7. The van der Waals surface area contributed by atoms with Crippen molar-refractivity contribution in [2.75, 3.05) is 6.79 Å². The molecule has 0 unspecified atom stereocenters. The smallest absolute Gasteiger partial charge is 0.339 e. The highest BCUT2D eigenvalue weighted by atomic mass is 16.7. The fraction of sp³-hybridized carbons (Fsp3) is 0.333. The molecule has 1 aliphatic rings. The molecule has 0 radical (unpaired) electrons. The maximum Gasteiger partial charge on any atom is 0.339 e. The molecule has 6 heteroatoms. The normalized spacial score (nSPS) is 14.3. The molecule has 0 saturated heterocycles. The molecule has 142 valence electrons. The van der Waals surface area contributed by atoms with Gasteiger partial charge in [-0.25, -0.2) is 4.79 Å². The van der Waals surface area contributed by atoms with Crippen LogP contribution in [-0.4, -0.2) is 30.8 Å². The van der Waals surface area contributed by atoms with E-state index in [4.69, 9.17) is 14.2 Å². The minimum atomic E-state index is -0.887. The molecule has 0 aliphatic carbocycles. The monoisotopic (exact) mass is 369 g/mol. The third-order valence-electron chi connectivity index (χ3n) is 4.36. The van der Waals surface area contributed by atoms with Gasteiger partial charge in [0.2, 0.25) is 6.79 Å². The second-order valence-electron chi connectivity index (χ2n) is 6.55. The van der Waals surface area contributed by atoms with Crippen molar-refractivity contribution in [1.29, 1.82) is 0 Å². The number of hydrogen-bond donors (Lipinski definition) is 1. The highest BCUT2D eigenvalue weighted by molar-refractivity contribution is 5.93. The van der Waals surface area contributed by atoms with E-state index in [0.717, 1.165) is 12.8 Å². The van der Waals surface area contributed by atoms with Gasteiger partial charge in [0.1, 0.15) is 0 Å². The van der Waals surface area contributed by atoms with Gasteiger partial charge >= 0.3 is 5.97 Å². The number of hydrogen-bond acceptors (Lipinski definition) is 5. The largest absolute Gasteiger partial charge is 0.454 e. The number of rotatable bonds is 7. The Morgan fingerprint density at radius 1 is 1.07 bits per heavy atom. The SMILES string of the molecule is C[C@H](CCc1ccccc1)NC(=O)[C@@H](C)OC(=O)c1ccc2c(c1)OCO2. The molecule has 1 amide bonds. The topological polar surface area (TPSA) is 73.9 Å². The van der Waals surface area contributed by atoms with E-state index >= 15 is 0 Å². The lowest BCUT2D eigenvalue weighted by Gasteiger charge is -2.18. The van der Waals surface area contributed by atoms with Crippen molar-refractivity contribution >= 4 is 11.9 Å². The molecule has 2 atom stereocenters. The van der Waals surface area contributed by atoms with Crippen LogP contribution in [0.2, 0.25) is 0 Å². The van der Waals surface area contributed by atoms with E-state index in [1.807, 2.05) is 25.1 Å². The zero-order valence-electron chi connectivity index (χ0n) is 15.4. The Labute approximate surface area is 158 Å². The summed E-state index contributed by atoms with van der Waals surface area (Å²) in [4.78, 5) is 24.5. The molecule has 0 aromatic heterocycles. The Morgan fingerprint density at radius 3 is 2.59 bits per heavy atom. The van der Waals surface area contributed by atoms with Crippen molar-refractivity contribution in [3.05, 3.63) is 59.7 Å². The predicted octanol–water partition coefficient (Wildman–Crippen LogP) is 3.10. The van der Waals surface area contributed by atoms with Crippen molar-refractivity contribution in [2.24, 2.45) is 0 Å². The number of esters is 1. The van der Waals surface area contributed by atoms with E-state index in [1.54, 1.807) is 25.1 Å². The minimum Gasteiger partial charge on any atom is -0.454 e. The fourth-order valence-electron chi connectivity index (χ4n) is 2.77. The molecule has 3 rings (SSSR count). The molecule has 27 heavy (non-hydrogen) atoms. The third-order valence-corrected chi connectivity index (χ3v) is 4.36. The molecule has 1 N–H and O–H groups in total. The Bertz CT molecular complexity index is 805. The van der Waals surface area contributed by atoms with Crippen LogP contribution in [0.25, 0.3) is 0 Å². The van der Waals surface area contributed by atoms with Crippen molar-refractivity contribution < 1.29 is 23.8 Å². The average molecular weight is 369 g/mol. The highest BCUT2D eigenvalue weighted by Gasteiger charge is 2.22. The van der Waals surface area contributed by atoms with Gasteiger partial charge in [-0.2, -0.15) is 0 Å². The molecule has 6 nitrogen and oxygen atoms in total. The van der Waals surface area contributed by atoms with Crippen LogP contribution >= 0.6 is 0 Å². The van der Waals surface area contributed by atoms with Crippen LogP contribution in [0.5, 0.6) is 11.5 Å². The first-order valence-corrected chi connectivity index (χ1v) is 8.98. The quantitative estimate of drug-likeness (QED) is 0.759. The van der Waals surface area contributed by atoms with Gasteiger partial charge in [0, 0.05) is 6.04 Å². The van der Waals surface area contributed by atoms with Gasteiger partial charge in [0.25, 0.3) is 5.91 Å². The van der Waals surface area contributed by atoms with Crippen molar-refractivity contribution in [3.63, 3.8) is 0 Å². The van der Waals surface area contributed by atoms with E-state index in [9.17, 15) is 9.59 Å². The van der Waals surface area contributed by atoms with Gasteiger partial charge in [-0.15, -0.1) is 0 Å². The fourth-order valence-corrected chi connectivity index (χ4v) is 2.77. The number of aryl methyl sites for hydroxylation is 1. The molecule has 1 heterocycles. The van der Waals surface area contributed by atoms with E-state index in [-0.39, 0.29) is 18.7 Å². The Balaban J connectivity index is 1.47. The molecule has 2 aromatic carbocycles. The van der Waals surface area contributed by atoms with E-state index in [0.29, 0.717) is 17.1 Å². The minimum absolute atomic E-state index is 0.0237. The van der Waals surface area contributed by atoms with Crippen LogP contribution in [0.4, 0.5) is 0 Å². The number of amides is 1. The van der Waals surface area contributed by atoms with Crippen LogP contribution in [0.1, 0.15) is 36.2 Å². The van der Waals surface area contributed by atoms with Crippen LogP contribution in [0.15, 0.2) is 48.5 Å². The number of ether oxygens (including phenoxy) is 3. The average Bonchev–Trinajstić information content (AvgIpc) is 3.14. The number of carbonyl (C=O) groups excluding carboxylic acids is 2. The first-order valence-electron chi connectivity index (χ1n) is 8.98. The lowest BCUT2D eigenvalue weighted by molar-refractivity contribution is -0.129. The molecule has 0 fully saturated rings. The summed E-state index contributed by atoms with van der Waals surface area (Å²) in [6.07, 6.45) is 0.786. The summed E-state index contributed by atoms with van der Waals surface area (Å²) in [5, 5.41) is 2.89. The lowest BCUT2D eigenvalue weighted by Crippen LogP contribution is -2.41. The molecule has 2 aromatic rings. The van der Waals surface area contributed by atoms with E-state index < -0.39 is 12.1 Å². The van der Waals surface area contributed by atoms with Gasteiger partial charge in [-0.1, -0.05) is 30.3 Å². The zero-order valence-corrected chi connectivity index (χ0v) is 15.4. The zero-order chi connectivity index (χ0) is 19.2. The maximum atomic E-state index is 12.3. The molecule has 0 saturated carbocycles. The number of fused-ring (bicyclic) bond motifs is 1. The van der Waals surface area contributed by atoms with Gasteiger partial charge in [0.15, 0.2) is 17.6 Å². The number of nitrogens with one attached hydrogen (secondary N) is 1. The third kappa shape index (κ3) is 5.00. The van der Waals surface area contributed by atoms with Crippen LogP contribution < -0.4 is 14.8 Å². The Kier molecular flexibility index (Phi) is 5.96.